The average Bonchev–Trinajstić information content (AvgIpc) is 2.53. The standard InChI is InChI=1S/C13H17F2N/c1-9-4-5-11(14)12(13(9)15)10-3-2-7-16-8-6-10/h4-5,10,16H,2-3,6-8H2,1H3. The fourth-order valence-corrected chi connectivity index (χ4v) is 2.36. The van der Waals surface area contributed by atoms with Crippen molar-refractivity contribution in [3.8, 4) is 0 Å². The molecule has 0 radical (unpaired) electrons. The monoisotopic (exact) mass is 225 g/mol. The fourth-order valence-electron chi connectivity index (χ4n) is 2.36. The number of halogens is 2. The molecule has 1 aromatic carbocycles. The van der Waals surface area contributed by atoms with Gasteiger partial charge in [0.05, 0.1) is 0 Å². The van der Waals surface area contributed by atoms with Gasteiger partial charge in [-0.1, -0.05) is 6.07 Å². The van der Waals surface area contributed by atoms with Crippen LogP contribution in [0.25, 0.3) is 0 Å². The number of aryl methyl sites for hydroxylation is 1. The second kappa shape index (κ2) is 4.91. The molecule has 3 heteroatoms. The summed E-state index contributed by atoms with van der Waals surface area (Å²) in [5.41, 5.74) is 0.831. The molecule has 2 rings (SSSR count). The zero-order valence-corrected chi connectivity index (χ0v) is 9.52. The van der Waals surface area contributed by atoms with Crippen LogP contribution in [0.4, 0.5) is 8.78 Å². The Morgan fingerprint density at radius 2 is 2.00 bits per heavy atom. The minimum atomic E-state index is -0.394. The van der Waals surface area contributed by atoms with Gasteiger partial charge in [0.15, 0.2) is 0 Å². The van der Waals surface area contributed by atoms with Crippen molar-refractivity contribution in [1.82, 2.24) is 5.32 Å². The van der Waals surface area contributed by atoms with Crippen LogP contribution in [0.15, 0.2) is 12.1 Å². The number of nitrogens with one attached hydrogen (secondary N) is 1. The number of rotatable bonds is 1. The van der Waals surface area contributed by atoms with E-state index in [1.165, 1.54) is 12.1 Å². The van der Waals surface area contributed by atoms with Gasteiger partial charge in [-0.05, 0) is 56.8 Å². The zero-order valence-electron chi connectivity index (χ0n) is 9.52. The Morgan fingerprint density at radius 3 is 2.81 bits per heavy atom. The van der Waals surface area contributed by atoms with Gasteiger partial charge in [0.2, 0.25) is 0 Å². The zero-order chi connectivity index (χ0) is 11.5. The molecule has 1 aliphatic heterocycles. The lowest BCUT2D eigenvalue weighted by molar-refractivity contribution is 0.495. The van der Waals surface area contributed by atoms with Crippen LogP contribution in [0.2, 0.25) is 0 Å². The van der Waals surface area contributed by atoms with Crippen LogP contribution in [0.5, 0.6) is 0 Å². The molecule has 1 atom stereocenters. The molecule has 1 aliphatic rings. The highest BCUT2D eigenvalue weighted by Crippen LogP contribution is 2.31. The van der Waals surface area contributed by atoms with Crippen molar-refractivity contribution in [2.75, 3.05) is 13.1 Å². The summed E-state index contributed by atoms with van der Waals surface area (Å²) in [6.45, 7) is 3.48. The predicted octanol–water partition coefficient (Wildman–Crippen LogP) is 3.13. The van der Waals surface area contributed by atoms with Crippen LogP contribution in [0.3, 0.4) is 0 Å². The van der Waals surface area contributed by atoms with Crippen molar-refractivity contribution in [1.29, 1.82) is 0 Å². The molecule has 1 saturated heterocycles. The first-order valence-corrected chi connectivity index (χ1v) is 5.85. The topological polar surface area (TPSA) is 12.0 Å². The average molecular weight is 225 g/mol. The molecule has 0 aliphatic carbocycles. The summed E-state index contributed by atoms with van der Waals surface area (Å²) in [6, 6.07) is 2.88. The van der Waals surface area contributed by atoms with Crippen LogP contribution < -0.4 is 5.32 Å². The third-order valence-electron chi connectivity index (χ3n) is 3.30. The summed E-state index contributed by atoms with van der Waals surface area (Å²) in [6.07, 6.45) is 2.67. The molecule has 1 fully saturated rings. The second-order valence-electron chi connectivity index (χ2n) is 4.47. The Labute approximate surface area is 94.9 Å². The quantitative estimate of drug-likeness (QED) is 0.774. The van der Waals surface area contributed by atoms with Crippen LogP contribution in [-0.4, -0.2) is 13.1 Å². The van der Waals surface area contributed by atoms with Gasteiger partial charge >= 0.3 is 0 Å². The Balaban J connectivity index is 2.33. The van der Waals surface area contributed by atoms with Crippen molar-refractivity contribution in [2.24, 2.45) is 0 Å². The van der Waals surface area contributed by atoms with Gasteiger partial charge in [-0.2, -0.15) is 0 Å². The maximum atomic E-state index is 13.9. The molecule has 0 aromatic heterocycles. The van der Waals surface area contributed by atoms with Gasteiger partial charge in [-0.25, -0.2) is 8.78 Å². The molecule has 0 saturated carbocycles. The third-order valence-corrected chi connectivity index (χ3v) is 3.30. The molecule has 1 unspecified atom stereocenters. The van der Waals surface area contributed by atoms with Crippen molar-refractivity contribution >= 4 is 0 Å². The second-order valence-corrected chi connectivity index (χ2v) is 4.47. The molecule has 1 aromatic rings. The maximum Gasteiger partial charge on any atom is 0.132 e. The molecule has 0 spiro atoms. The SMILES string of the molecule is Cc1ccc(F)c(C2CCCNCC2)c1F. The Bertz CT molecular complexity index is 368. The van der Waals surface area contributed by atoms with E-state index in [0.29, 0.717) is 11.1 Å². The smallest absolute Gasteiger partial charge is 0.132 e. The van der Waals surface area contributed by atoms with Gasteiger partial charge in [0.25, 0.3) is 0 Å². The van der Waals surface area contributed by atoms with Crippen molar-refractivity contribution < 1.29 is 8.78 Å². The molecular formula is C13H17F2N. The summed E-state index contributed by atoms with van der Waals surface area (Å²) in [4.78, 5) is 0. The molecule has 1 nitrogen and oxygen atoms in total. The summed E-state index contributed by atoms with van der Waals surface area (Å²) >= 11 is 0. The van der Waals surface area contributed by atoms with E-state index in [0.717, 1.165) is 32.4 Å². The van der Waals surface area contributed by atoms with Crippen LogP contribution in [0.1, 0.15) is 36.3 Å². The van der Waals surface area contributed by atoms with E-state index in [1.54, 1.807) is 6.92 Å². The summed E-state index contributed by atoms with van der Waals surface area (Å²) in [5.74, 6) is -0.725. The van der Waals surface area contributed by atoms with Gasteiger partial charge in [-0.15, -0.1) is 0 Å². The van der Waals surface area contributed by atoms with E-state index in [-0.39, 0.29) is 11.7 Å². The molecule has 1 heterocycles. The lowest BCUT2D eigenvalue weighted by Gasteiger charge is -2.16. The van der Waals surface area contributed by atoms with Crippen LogP contribution >= 0.6 is 0 Å². The third kappa shape index (κ3) is 2.24. The van der Waals surface area contributed by atoms with Crippen LogP contribution in [-0.2, 0) is 0 Å². The molecule has 0 bridgehead atoms. The van der Waals surface area contributed by atoms with Gasteiger partial charge < -0.3 is 5.32 Å². The van der Waals surface area contributed by atoms with E-state index in [1.807, 2.05) is 0 Å². The van der Waals surface area contributed by atoms with Crippen LogP contribution in [0, 0.1) is 18.6 Å². The highest BCUT2D eigenvalue weighted by atomic mass is 19.1. The van der Waals surface area contributed by atoms with E-state index >= 15 is 0 Å². The maximum absolute atomic E-state index is 13.9. The summed E-state index contributed by atoms with van der Waals surface area (Å²) < 4.78 is 27.6. The van der Waals surface area contributed by atoms with Crippen molar-refractivity contribution in [3.05, 3.63) is 34.9 Å². The minimum absolute atomic E-state index is 0.0231. The largest absolute Gasteiger partial charge is 0.317 e. The molecule has 0 amide bonds. The lowest BCUT2D eigenvalue weighted by Crippen LogP contribution is -2.14. The summed E-state index contributed by atoms with van der Waals surface area (Å²) in [5, 5.41) is 3.26. The number of benzene rings is 1. The lowest BCUT2D eigenvalue weighted by atomic mass is 9.90. The highest BCUT2D eigenvalue weighted by molar-refractivity contribution is 5.29. The minimum Gasteiger partial charge on any atom is -0.317 e. The molecule has 1 N–H and O–H groups in total. The van der Waals surface area contributed by atoms with Gasteiger partial charge in [0, 0.05) is 5.56 Å². The Hall–Kier alpha value is -0.960. The van der Waals surface area contributed by atoms with Gasteiger partial charge in [-0.3, -0.25) is 0 Å². The van der Waals surface area contributed by atoms with E-state index < -0.39 is 5.82 Å². The first kappa shape index (κ1) is 11.5. The predicted molar refractivity (Wildman–Crippen MR) is 60.6 cm³/mol. The van der Waals surface area contributed by atoms with Crippen molar-refractivity contribution in [2.45, 2.75) is 32.1 Å². The Kier molecular flexibility index (Phi) is 3.54. The number of hydrogen-bond donors (Lipinski definition) is 1. The first-order valence-electron chi connectivity index (χ1n) is 5.85. The molecule has 88 valence electrons. The highest BCUT2D eigenvalue weighted by Gasteiger charge is 2.22. The first-order chi connectivity index (χ1) is 7.70. The molecular weight excluding hydrogens is 208 g/mol. The van der Waals surface area contributed by atoms with Gasteiger partial charge in [0.1, 0.15) is 11.6 Å². The van der Waals surface area contributed by atoms with E-state index in [2.05, 4.69) is 5.32 Å². The number of hydrogen-bond acceptors (Lipinski definition) is 1. The van der Waals surface area contributed by atoms with E-state index in [4.69, 9.17) is 0 Å². The van der Waals surface area contributed by atoms with Crippen molar-refractivity contribution in [3.63, 3.8) is 0 Å². The molecule has 16 heavy (non-hydrogen) atoms. The Morgan fingerprint density at radius 1 is 1.19 bits per heavy atom. The fraction of sp³-hybridized carbons (Fsp3) is 0.538. The van der Waals surface area contributed by atoms with E-state index in [9.17, 15) is 8.78 Å². The summed E-state index contributed by atoms with van der Waals surface area (Å²) in [7, 11) is 0. The normalized spacial score (nSPS) is 21.8.